The molecule has 0 unspecified atom stereocenters. The van der Waals surface area contributed by atoms with Gasteiger partial charge in [0.25, 0.3) is 0 Å². The molecule has 86 valence electrons. The molecule has 1 aromatic carbocycles. The number of fused-ring (bicyclic) bond motifs is 2. The molecule has 0 aliphatic carbocycles. The van der Waals surface area contributed by atoms with E-state index in [-0.39, 0.29) is 0 Å². The zero-order valence-electron chi connectivity index (χ0n) is 9.03. The highest BCUT2D eigenvalue weighted by atomic mass is 16.5. The van der Waals surface area contributed by atoms with E-state index in [1.165, 1.54) is 0 Å². The minimum atomic E-state index is 0.687. The van der Waals surface area contributed by atoms with Crippen LogP contribution < -0.4 is 18.9 Å². The van der Waals surface area contributed by atoms with Crippen molar-refractivity contribution in [3.05, 3.63) is 12.1 Å². The van der Waals surface area contributed by atoms with Crippen molar-refractivity contribution in [1.29, 1.82) is 0 Å². The SMILES string of the molecule is c1c2c(cc3c1OCCCO3)OCCCO2. The monoisotopic (exact) mass is 222 g/mol. The molecule has 0 spiro atoms. The number of rotatable bonds is 0. The van der Waals surface area contributed by atoms with Gasteiger partial charge < -0.3 is 18.9 Å². The summed E-state index contributed by atoms with van der Waals surface area (Å²) >= 11 is 0. The molecular formula is C12H14O4. The number of benzene rings is 1. The van der Waals surface area contributed by atoms with Crippen LogP contribution in [-0.2, 0) is 0 Å². The first kappa shape index (κ1) is 9.63. The summed E-state index contributed by atoms with van der Waals surface area (Å²) in [5, 5.41) is 0. The standard InChI is InChI=1S/C12H14O4/c1-3-13-9-7-11-12(8-10(9)14-4-1)16-6-2-5-15-11/h7-8H,1-6H2. The lowest BCUT2D eigenvalue weighted by atomic mass is 10.2. The number of hydrogen-bond donors (Lipinski definition) is 0. The first-order valence-corrected chi connectivity index (χ1v) is 5.63. The van der Waals surface area contributed by atoms with Crippen molar-refractivity contribution in [3.8, 4) is 23.0 Å². The largest absolute Gasteiger partial charge is 0.489 e. The summed E-state index contributed by atoms with van der Waals surface area (Å²) < 4.78 is 22.4. The van der Waals surface area contributed by atoms with Crippen molar-refractivity contribution in [2.24, 2.45) is 0 Å². The van der Waals surface area contributed by atoms with E-state index in [1.54, 1.807) is 0 Å². The molecular weight excluding hydrogens is 208 g/mol. The summed E-state index contributed by atoms with van der Waals surface area (Å²) in [5.74, 6) is 3.01. The van der Waals surface area contributed by atoms with Crippen molar-refractivity contribution >= 4 is 0 Å². The molecule has 0 aromatic heterocycles. The quantitative estimate of drug-likeness (QED) is 0.673. The minimum absolute atomic E-state index is 0.687. The summed E-state index contributed by atoms with van der Waals surface area (Å²) in [6, 6.07) is 3.72. The number of hydrogen-bond acceptors (Lipinski definition) is 4. The molecule has 0 radical (unpaired) electrons. The van der Waals surface area contributed by atoms with Crippen LogP contribution in [0.2, 0.25) is 0 Å². The predicted molar refractivity (Wildman–Crippen MR) is 57.7 cm³/mol. The van der Waals surface area contributed by atoms with Crippen molar-refractivity contribution in [1.82, 2.24) is 0 Å². The zero-order chi connectivity index (χ0) is 10.8. The summed E-state index contributed by atoms with van der Waals surface area (Å²) in [4.78, 5) is 0. The Morgan fingerprint density at radius 1 is 0.562 bits per heavy atom. The van der Waals surface area contributed by atoms with Gasteiger partial charge in [0, 0.05) is 25.0 Å². The maximum Gasteiger partial charge on any atom is 0.165 e. The Bertz CT molecular complexity index is 321. The molecule has 0 N–H and O–H groups in total. The van der Waals surface area contributed by atoms with Crippen LogP contribution in [0.1, 0.15) is 12.8 Å². The van der Waals surface area contributed by atoms with E-state index >= 15 is 0 Å². The van der Waals surface area contributed by atoms with Crippen molar-refractivity contribution in [3.63, 3.8) is 0 Å². The van der Waals surface area contributed by atoms with Crippen LogP contribution in [0.3, 0.4) is 0 Å². The predicted octanol–water partition coefficient (Wildman–Crippen LogP) is 2.01. The zero-order valence-corrected chi connectivity index (χ0v) is 9.03. The second-order valence-electron chi connectivity index (χ2n) is 3.85. The molecule has 16 heavy (non-hydrogen) atoms. The topological polar surface area (TPSA) is 36.9 Å². The van der Waals surface area contributed by atoms with Crippen molar-refractivity contribution in [2.45, 2.75) is 12.8 Å². The van der Waals surface area contributed by atoms with E-state index in [9.17, 15) is 0 Å². The molecule has 0 atom stereocenters. The van der Waals surface area contributed by atoms with Gasteiger partial charge in [-0.25, -0.2) is 0 Å². The highest BCUT2D eigenvalue weighted by Crippen LogP contribution is 2.41. The molecule has 2 heterocycles. The molecule has 0 fully saturated rings. The van der Waals surface area contributed by atoms with Gasteiger partial charge in [-0.2, -0.15) is 0 Å². The minimum Gasteiger partial charge on any atom is -0.489 e. The average Bonchev–Trinajstić information content (AvgIpc) is 2.64. The molecule has 0 saturated carbocycles. The summed E-state index contributed by atoms with van der Waals surface area (Å²) in [6.07, 6.45) is 1.81. The molecule has 0 saturated heterocycles. The van der Waals surface area contributed by atoms with E-state index in [1.807, 2.05) is 12.1 Å². The molecule has 0 amide bonds. The second kappa shape index (κ2) is 4.12. The van der Waals surface area contributed by atoms with E-state index in [2.05, 4.69) is 0 Å². The van der Waals surface area contributed by atoms with Gasteiger partial charge in [-0.15, -0.1) is 0 Å². The third-order valence-electron chi connectivity index (χ3n) is 2.62. The molecule has 2 aliphatic heterocycles. The van der Waals surface area contributed by atoms with Gasteiger partial charge in [0.15, 0.2) is 23.0 Å². The van der Waals surface area contributed by atoms with Crippen LogP contribution in [0, 0.1) is 0 Å². The average molecular weight is 222 g/mol. The Kier molecular flexibility index (Phi) is 2.48. The van der Waals surface area contributed by atoms with Crippen LogP contribution in [0.25, 0.3) is 0 Å². The Labute approximate surface area is 94.1 Å². The maximum absolute atomic E-state index is 5.59. The normalized spacial score (nSPS) is 18.5. The fraction of sp³-hybridized carbons (Fsp3) is 0.500. The van der Waals surface area contributed by atoms with Crippen molar-refractivity contribution < 1.29 is 18.9 Å². The van der Waals surface area contributed by atoms with Crippen molar-refractivity contribution in [2.75, 3.05) is 26.4 Å². The van der Waals surface area contributed by atoms with Gasteiger partial charge in [-0.3, -0.25) is 0 Å². The van der Waals surface area contributed by atoms with Gasteiger partial charge in [-0.1, -0.05) is 0 Å². The lowest BCUT2D eigenvalue weighted by molar-refractivity contribution is 0.289. The Hall–Kier alpha value is -1.58. The third-order valence-corrected chi connectivity index (χ3v) is 2.62. The van der Waals surface area contributed by atoms with E-state index in [0.717, 1.165) is 35.8 Å². The van der Waals surface area contributed by atoms with E-state index < -0.39 is 0 Å². The van der Waals surface area contributed by atoms with Gasteiger partial charge >= 0.3 is 0 Å². The highest BCUT2D eigenvalue weighted by Gasteiger charge is 2.18. The summed E-state index contributed by atoms with van der Waals surface area (Å²) in [5.41, 5.74) is 0. The van der Waals surface area contributed by atoms with Crippen LogP contribution in [0.15, 0.2) is 12.1 Å². The molecule has 4 nitrogen and oxygen atoms in total. The fourth-order valence-electron chi connectivity index (χ4n) is 1.82. The molecule has 2 aliphatic rings. The van der Waals surface area contributed by atoms with Gasteiger partial charge in [0.2, 0.25) is 0 Å². The Balaban J connectivity index is 2.00. The van der Waals surface area contributed by atoms with Gasteiger partial charge in [0.05, 0.1) is 26.4 Å². The number of ether oxygens (including phenoxy) is 4. The smallest absolute Gasteiger partial charge is 0.165 e. The first-order chi connectivity index (χ1) is 7.93. The molecule has 3 rings (SSSR count). The molecule has 1 aromatic rings. The van der Waals surface area contributed by atoms with Crippen LogP contribution in [-0.4, -0.2) is 26.4 Å². The lowest BCUT2D eigenvalue weighted by Crippen LogP contribution is -1.98. The second-order valence-corrected chi connectivity index (χ2v) is 3.85. The van der Waals surface area contributed by atoms with E-state index in [0.29, 0.717) is 26.4 Å². The highest BCUT2D eigenvalue weighted by molar-refractivity contribution is 5.54. The molecule has 4 heteroatoms. The van der Waals surface area contributed by atoms with E-state index in [4.69, 9.17) is 18.9 Å². The van der Waals surface area contributed by atoms with Crippen LogP contribution in [0.5, 0.6) is 23.0 Å². The van der Waals surface area contributed by atoms with Gasteiger partial charge in [-0.05, 0) is 0 Å². The Morgan fingerprint density at radius 2 is 0.875 bits per heavy atom. The maximum atomic E-state index is 5.59. The first-order valence-electron chi connectivity index (χ1n) is 5.63. The summed E-state index contributed by atoms with van der Waals surface area (Å²) in [7, 11) is 0. The van der Waals surface area contributed by atoms with Crippen LogP contribution in [0.4, 0.5) is 0 Å². The third kappa shape index (κ3) is 1.75. The lowest BCUT2D eigenvalue weighted by Gasteiger charge is -2.12. The summed E-state index contributed by atoms with van der Waals surface area (Å²) in [6.45, 7) is 2.75. The van der Waals surface area contributed by atoms with Gasteiger partial charge in [0.1, 0.15) is 0 Å². The Morgan fingerprint density at radius 3 is 1.19 bits per heavy atom. The van der Waals surface area contributed by atoms with Crippen LogP contribution >= 0.6 is 0 Å². The fourth-order valence-corrected chi connectivity index (χ4v) is 1.82. The molecule has 0 bridgehead atoms.